The van der Waals surface area contributed by atoms with Gasteiger partial charge in [0.2, 0.25) is 5.16 Å². The van der Waals surface area contributed by atoms with E-state index >= 15 is 0 Å². The highest BCUT2D eigenvalue weighted by Gasteiger charge is 2.29. The Labute approximate surface area is 130 Å². The lowest BCUT2D eigenvalue weighted by atomic mass is 10.4. The Bertz CT molecular complexity index is 595. The highest BCUT2D eigenvalue weighted by molar-refractivity contribution is 8.00. The Balaban J connectivity index is 1.46. The van der Waals surface area contributed by atoms with E-state index in [1.807, 2.05) is 24.4 Å². The van der Waals surface area contributed by atoms with Crippen molar-refractivity contribution in [2.75, 3.05) is 6.61 Å². The van der Waals surface area contributed by atoms with E-state index in [2.05, 4.69) is 15.5 Å². The maximum atomic E-state index is 12.0. The number of esters is 1. The summed E-state index contributed by atoms with van der Waals surface area (Å²) in [5.41, 5.74) is 0. The molecule has 0 saturated heterocycles. The molecule has 112 valence electrons. The van der Waals surface area contributed by atoms with Crippen LogP contribution in [0.15, 0.2) is 22.7 Å². The average Bonchev–Trinajstić information content (AvgIpc) is 2.99. The molecule has 21 heavy (non-hydrogen) atoms. The van der Waals surface area contributed by atoms with Crippen LogP contribution in [0.2, 0.25) is 0 Å². The normalized spacial score (nSPS) is 15.9. The zero-order valence-corrected chi connectivity index (χ0v) is 13.3. The van der Waals surface area contributed by atoms with E-state index in [-0.39, 0.29) is 11.2 Å². The largest absolute Gasteiger partial charge is 0.464 e. The highest BCUT2D eigenvalue weighted by atomic mass is 32.2. The van der Waals surface area contributed by atoms with Crippen LogP contribution in [-0.4, -0.2) is 38.0 Å². The van der Waals surface area contributed by atoms with Crippen molar-refractivity contribution in [2.45, 2.75) is 42.6 Å². The van der Waals surface area contributed by atoms with Crippen LogP contribution in [0.5, 0.6) is 0 Å². The van der Waals surface area contributed by atoms with Crippen molar-refractivity contribution in [3.63, 3.8) is 0 Å². The Morgan fingerprint density at radius 3 is 3.19 bits per heavy atom. The first kappa shape index (κ1) is 14.5. The van der Waals surface area contributed by atoms with Gasteiger partial charge in [0.05, 0.1) is 12.6 Å². The van der Waals surface area contributed by atoms with Crippen molar-refractivity contribution in [1.82, 2.24) is 20.2 Å². The van der Waals surface area contributed by atoms with E-state index in [1.165, 1.54) is 16.6 Å². The number of thioether (sulfide) groups is 1. The Morgan fingerprint density at radius 1 is 1.62 bits per heavy atom. The number of thiophene rings is 1. The predicted molar refractivity (Wildman–Crippen MR) is 80.4 cm³/mol. The van der Waals surface area contributed by atoms with Gasteiger partial charge in [0, 0.05) is 11.3 Å². The number of tetrazole rings is 1. The third-order valence-electron chi connectivity index (χ3n) is 3.14. The molecule has 0 aliphatic heterocycles. The second-order valence-electron chi connectivity index (χ2n) is 4.89. The standard InChI is InChI=1S/C13H16N4O2S2/c1-9(12(18)19-7-6-11-3-2-8-20-11)21-13-14-15-16-17(13)10-4-5-10/h2-3,8-10H,4-7H2,1H3. The van der Waals surface area contributed by atoms with Crippen LogP contribution in [0.1, 0.15) is 30.7 Å². The molecule has 1 aliphatic rings. The topological polar surface area (TPSA) is 69.9 Å². The fourth-order valence-electron chi connectivity index (χ4n) is 1.84. The molecule has 1 atom stereocenters. The van der Waals surface area contributed by atoms with E-state index in [0.29, 0.717) is 17.8 Å². The van der Waals surface area contributed by atoms with Gasteiger partial charge in [-0.2, -0.15) is 0 Å². The van der Waals surface area contributed by atoms with E-state index in [0.717, 1.165) is 19.3 Å². The zero-order chi connectivity index (χ0) is 14.7. The SMILES string of the molecule is CC(Sc1nnnn1C1CC1)C(=O)OCCc1cccs1. The Morgan fingerprint density at radius 2 is 2.48 bits per heavy atom. The first-order valence-corrected chi connectivity index (χ1v) is 8.63. The molecule has 1 aliphatic carbocycles. The quantitative estimate of drug-likeness (QED) is 0.575. The van der Waals surface area contributed by atoms with Crippen molar-refractivity contribution in [3.8, 4) is 0 Å². The van der Waals surface area contributed by atoms with E-state index in [4.69, 9.17) is 4.74 Å². The predicted octanol–water partition coefficient (Wildman–Crippen LogP) is 2.34. The van der Waals surface area contributed by atoms with Crippen LogP contribution in [0, 0.1) is 0 Å². The number of carbonyl (C=O) groups excluding carboxylic acids is 1. The number of ether oxygens (including phenoxy) is 1. The van der Waals surface area contributed by atoms with Crippen LogP contribution < -0.4 is 0 Å². The molecule has 6 nitrogen and oxygen atoms in total. The smallest absolute Gasteiger partial charge is 0.319 e. The molecule has 2 heterocycles. The van der Waals surface area contributed by atoms with Gasteiger partial charge >= 0.3 is 5.97 Å². The van der Waals surface area contributed by atoms with Crippen LogP contribution in [0.3, 0.4) is 0 Å². The molecule has 0 bridgehead atoms. The van der Waals surface area contributed by atoms with Gasteiger partial charge in [-0.3, -0.25) is 4.79 Å². The number of hydrogen-bond acceptors (Lipinski definition) is 7. The maximum absolute atomic E-state index is 12.0. The summed E-state index contributed by atoms with van der Waals surface area (Å²) in [7, 11) is 0. The second-order valence-corrected chi connectivity index (χ2v) is 7.23. The van der Waals surface area contributed by atoms with Crippen LogP contribution in [-0.2, 0) is 16.0 Å². The first-order valence-electron chi connectivity index (χ1n) is 6.87. The summed E-state index contributed by atoms with van der Waals surface area (Å²) in [5.74, 6) is -0.220. The van der Waals surface area contributed by atoms with Crippen molar-refractivity contribution >= 4 is 29.1 Å². The number of nitrogens with zero attached hydrogens (tertiary/aromatic N) is 4. The average molecular weight is 324 g/mol. The first-order chi connectivity index (χ1) is 10.2. The van der Waals surface area contributed by atoms with Crippen LogP contribution in [0.4, 0.5) is 0 Å². The van der Waals surface area contributed by atoms with Gasteiger partial charge in [0.25, 0.3) is 0 Å². The molecular weight excluding hydrogens is 308 g/mol. The van der Waals surface area contributed by atoms with Gasteiger partial charge in [-0.25, -0.2) is 4.68 Å². The van der Waals surface area contributed by atoms with Crippen LogP contribution >= 0.6 is 23.1 Å². The molecule has 2 aromatic rings. The Hall–Kier alpha value is -1.41. The molecular formula is C13H16N4O2S2. The Kier molecular flexibility index (Phi) is 4.54. The molecule has 0 spiro atoms. The molecule has 0 radical (unpaired) electrons. The van der Waals surface area contributed by atoms with Gasteiger partial charge in [-0.15, -0.1) is 16.4 Å². The van der Waals surface area contributed by atoms with Gasteiger partial charge in [-0.05, 0) is 41.6 Å². The van der Waals surface area contributed by atoms with E-state index in [9.17, 15) is 4.79 Å². The summed E-state index contributed by atoms with van der Waals surface area (Å²) in [6.45, 7) is 2.24. The minimum absolute atomic E-state index is 0.220. The number of aromatic nitrogens is 4. The van der Waals surface area contributed by atoms with Crippen molar-refractivity contribution in [3.05, 3.63) is 22.4 Å². The lowest BCUT2D eigenvalue weighted by Gasteiger charge is -2.10. The zero-order valence-electron chi connectivity index (χ0n) is 11.6. The number of carbonyl (C=O) groups is 1. The molecule has 1 fully saturated rings. The molecule has 0 aromatic carbocycles. The molecule has 0 N–H and O–H groups in total. The van der Waals surface area contributed by atoms with Gasteiger partial charge in [-0.1, -0.05) is 17.8 Å². The molecule has 1 saturated carbocycles. The third-order valence-corrected chi connectivity index (χ3v) is 5.10. The minimum atomic E-state index is -0.308. The molecule has 8 heteroatoms. The van der Waals surface area contributed by atoms with E-state index < -0.39 is 0 Å². The summed E-state index contributed by atoms with van der Waals surface area (Å²) in [4.78, 5) is 13.2. The maximum Gasteiger partial charge on any atom is 0.319 e. The summed E-state index contributed by atoms with van der Waals surface area (Å²) in [6, 6.07) is 4.45. The molecule has 2 aromatic heterocycles. The summed E-state index contributed by atoms with van der Waals surface area (Å²) >= 11 is 3.03. The lowest BCUT2D eigenvalue weighted by Crippen LogP contribution is -2.19. The van der Waals surface area contributed by atoms with E-state index in [1.54, 1.807) is 16.0 Å². The highest BCUT2D eigenvalue weighted by Crippen LogP contribution is 2.37. The monoisotopic (exact) mass is 324 g/mol. The van der Waals surface area contributed by atoms with Gasteiger partial charge in [0.1, 0.15) is 5.25 Å². The summed E-state index contributed by atoms with van der Waals surface area (Å²) in [6.07, 6.45) is 2.98. The third kappa shape index (κ3) is 3.82. The van der Waals surface area contributed by atoms with Crippen LogP contribution in [0.25, 0.3) is 0 Å². The summed E-state index contributed by atoms with van der Waals surface area (Å²) in [5, 5.41) is 14.0. The summed E-state index contributed by atoms with van der Waals surface area (Å²) < 4.78 is 7.12. The fraction of sp³-hybridized carbons (Fsp3) is 0.538. The lowest BCUT2D eigenvalue weighted by molar-refractivity contribution is -0.142. The molecule has 1 unspecified atom stereocenters. The van der Waals surface area contributed by atoms with Crippen molar-refractivity contribution in [1.29, 1.82) is 0 Å². The van der Waals surface area contributed by atoms with Gasteiger partial charge in [0.15, 0.2) is 0 Å². The van der Waals surface area contributed by atoms with Crippen molar-refractivity contribution < 1.29 is 9.53 Å². The second kappa shape index (κ2) is 6.57. The van der Waals surface area contributed by atoms with Gasteiger partial charge < -0.3 is 4.74 Å². The minimum Gasteiger partial charge on any atom is -0.464 e. The molecule has 0 amide bonds. The number of rotatable bonds is 7. The number of hydrogen-bond donors (Lipinski definition) is 0. The fourth-order valence-corrected chi connectivity index (χ4v) is 3.39. The molecule has 3 rings (SSSR count). The van der Waals surface area contributed by atoms with Crippen molar-refractivity contribution in [2.24, 2.45) is 0 Å².